The lowest BCUT2D eigenvalue weighted by molar-refractivity contribution is -0.138. The molecule has 2 rings (SSSR count). The Balaban J connectivity index is 2.20. The van der Waals surface area contributed by atoms with Crippen LogP contribution >= 0.6 is 0 Å². The van der Waals surface area contributed by atoms with Crippen LogP contribution in [-0.4, -0.2) is 37.1 Å². The van der Waals surface area contributed by atoms with Crippen LogP contribution in [0, 0.1) is 0 Å². The van der Waals surface area contributed by atoms with Gasteiger partial charge in [0.15, 0.2) is 0 Å². The Morgan fingerprint density at radius 2 is 2.25 bits per heavy atom. The molecule has 2 N–H and O–H groups in total. The second-order valence-electron chi connectivity index (χ2n) is 3.12. The van der Waals surface area contributed by atoms with E-state index in [1.54, 1.807) is 0 Å². The van der Waals surface area contributed by atoms with E-state index in [1.807, 2.05) is 0 Å². The smallest absolute Gasteiger partial charge is 0.248 e. The van der Waals surface area contributed by atoms with Gasteiger partial charge in [-0.25, -0.2) is 0 Å². The first kappa shape index (κ1) is 7.54. The molecule has 5 heteroatoms. The number of ether oxygens (including phenoxy) is 1. The van der Waals surface area contributed by atoms with Crippen LogP contribution in [0.3, 0.4) is 0 Å². The van der Waals surface area contributed by atoms with Crippen LogP contribution in [0.25, 0.3) is 0 Å². The summed E-state index contributed by atoms with van der Waals surface area (Å²) in [5.41, 5.74) is -0.769. The third-order valence-electron chi connectivity index (χ3n) is 2.24. The quantitative estimate of drug-likeness (QED) is 0.459. The standard InChI is InChI=1S/C7H10N2O3/c10-5-3-8-6(11)7(9-5)1-2-12-4-7/h1-4H2,(H,8,11)(H,9,10)/t7-/m0/s1. The van der Waals surface area contributed by atoms with Crippen LogP contribution < -0.4 is 10.6 Å². The molecule has 1 atom stereocenters. The van der Waals surface area contributed by atoms with E-state index in [2.05, 4.69) is 10.6 Å². The molecule has 2 saturated heterocycles. The van der Waals surface area contributed by atoms with Crippen molar-refractivity contribution in [3.63, 3.8) is 0 Å². The molecule has 5 nitrogen and oxygen atoms in total. The summed E-state index contributed by atoms with van der Waals surface area (Å²) in [7, 11) is 0. The summed E-state index contributed by atoms with van der Waals surface area (Å²) in [6.07, 6.45) is 0.574. The van der Waals surface area contributed by atoms with Crippen LogP contribution in [0.4, 0.5) is 0 Å². The number of piperazine rings is 1. The number of hydrogen-bond acceptors (Lipinski definition) is 3. The van der Waals surface area contributed by atoms with Gasteiger partial charge in [0.2, 0.25) is 11.8 Å². The fourth-order valence-electron chi connectivity index (χ4n) is 1.54. The van der Waals surface area contributed by atoms with Gasteiger partial charge in [0.05, 0.1) is 13.2 Å². The summed E-state index contributed by atoms with van der Waals surface area (Å²) >= 11 is 0. The van der Waals surface area contributed by atoms with Crippen molar-refractivity contribution >= 4 is 11.8 Å². The summed E-state index contributed by atoms with van der Waals surface area (Å²) in [4.78, 5) is 22.3. The van der Waals surface area contributed by atoms with Gasteiger partial charge in [-0.2, -0.15) is 0 Å². The second kappa shape index (κ2) is 2.45. The van der Waals surface area contributed by atoms with E-state index >= 15 is 0 Å². The van der Waals surface area contributed by atoms with E-state index in [1.165, 1.54) is 0 Å². The summed E-state index contributed by atoms with van der Waals surface area (Å²) in [5, 5.41) is 5.20. The van der Waals surface area contributed by atoms with E-state index in [-0.39, 0.29) is 18.4 Å². The fraction of sp³-hybridized carbons (Fsp3) is 0.714. The maximum atomic E-state index is 11.4. The highest BCUT2D eigenvalue weighted by Gasteiger charge is 2.45. The normalized spacial score (nSPS) is 35.0. The van der Waals surface area contributed by atoms with Crippen LogP contribution in [-0.2, 0) is 14.3 Å². The largest absolute Gasteiger partial charge is 0.378 e. The average Bonchev–Trinajstić information content (AvgIpc) is 2.48. The molecule has 2 aliphatic heterocycles. The minimum absolute atomic E-state index is 0.0839. The third kappa shape index (κ3) is 0.972. The van der Waals surface area contributed by atoms with Crippen molar-refractivity contribution in [2.45, 2.75) is 12.0 Å². The topological polar surface area (TPSA) is 67.4 Å². The number of hydrogen-bond donors (Lipinski definition) is 2. The third-order valence-corrected chi connectivity index (χ3v) is 2.24. The van der Waals surface area contributed by atoms with Gasteiger partial charge in [-0.05, 0) is 0 Å². The van der Waals surface area contributed by atoms with Gasteiger partial charge in [-0.15, -0.1) is 0 Å². The number of rotatable bonds is 0. The van der Waals surface area contributed by atoms with Crippen LogP contribution in [0.5, 0.6) is 0 Å². The first-order chi connectivity index (χ1) is 5.73. The molecule has 1 spiro atoms. The molecule has 66 valence electrons. The van der Waals surface area contributed by atoms with Crippen molar-refractivity contribution < 1.29 is 14.3 Å². The molecule has 0 saturated carbocycles. The van der Waals surface area contributed by atoms with Gasteiger partial charge in [0.25, 0.3) is 0 Å². The average molecular weight is 170 g/mol. The lowest BCUT2D eigenvalue weighted by Crippen LogP contribution is -2.66. The lowest BCUT2D eigenvalue weighted by Gasteiger charge is -2.31. The summed E-state index contributed by atoms with van der Waals surface area (Å²) in [6, 6.07) is 0. The Labute approximate surface area is 69.5 Å². The minimum atomic E-state index is -0.769. The molecule has 0 aromatic rings. The molecule has 0 bridgehead atoms. The lowest BCUT2D eigenvalue weighted by atomic mass is 9.95. The molecule has 2 heterocycles. The van der Waals surface area contributed by atoms with E-state index in [9.17, 15) is 9.59 Å². The summed E-state index contributed by atoms with van der Waals surface area (Å²) in [5.74, 6) is -0.264. The zero-order chi connectivity index (χ0) is 8.60. The van der Waals surface area contributed by atoms with Gasteiger partial charge >= 0.3 is 0 Å². The molecular formula is C7H10N2O3. The molecule has 0 radical (unpaired) electrons. The SMILES string of the molecule is O=C1CNC(=O)[C@@]2(CCOC2)N1. The van der Waals surface area contributed by atoms with Gasteiger partial charge in [0.1, 0.15) is 5.54 Å². The second-order valence-corrected chi connectivity index (χ2v) is 3.12. The monoisotopic (exact) mass is 170 g/mol. The van der Waals surface area contributed by atoms with Gasteiger partial charge in [0, 0.05) is 13.0 Å². The molecule has 12 heavy (non-hydrogen) atoms. The Morgan fingerprint density at radius 1 is 1.42 bits per heavy atom. The van der Waals surface area contributed by atoms with Crippen molar-refractivity contribution in [3.8, 4) is 0 Å². The fourth-order valence-corrected chi connectivity index (χ4v) is 1.54. The predicted molar refractivity (Wildman–Crippen MR) is 39.3 cm³/mol. The van der Waals surface area contributed by atoms with E-state index in [0.717, 1.165) is 0 Å². The first-order valence-electron chi connectivity index (χ1n) is 3.90. The first-order valence-corrected chi connectivity index (χ1v) is 3.90. The summed E-state index contributed by atoms with van der Waals surface area (Å²) < 4.78 is 5.08. The zero-order valence-corrected chi connectivity index (χ0v) is 6.55. The maximum absolute atomic E-state index is 11.4. The Bertz CT molecular complexity index is 233. The van der Waals surface area contributed by atoms with Crippen LogP contribution in [0.15, 0.2) is 0 Å². The van der Waals surface area contributed by atoms with Crippen molar-refractivity contribution in [1.29, 1.82) is 0 Å². The zero-order valence-electron chi connectivity index (χ0n) is 6.55. The summed E-state index contributed by atoms with van der Waals surface area (Å²) in [6.45, 7) is 0.916. The van der Waals surface area contributed by atoms with E-state index < -0.39 is 5.54 Å². The Hall–Kier alpha value is -1.10. The molecule has 0 aromatic heterocycles. The Morgan fingerprint density at radius 3 is 2.92 bits per heavy atom. The van der Waals surface area contributed by atoms with Gasteiger partial charge in [-0.3, -0.25) is 9.59 Å². The highest BCUT2D eigenvalue weighted by molar-refractivity contribution is 5.98. The molecule has 2 amide bonds. The van der Waals surface area contributed by atoms with Crippen molar-refractivity contribution in [3.05, 3.63) is 0 Å². The predicted octanol–water partition coefficient (Wildman–Crippen LogP) is -1.61. The van der Waals surface area contributed by atoms with Crippen molar-refractivity contribution in [1.82, 2.24) is 10.6 Å². The van der Waals surface area contributed by atoms with Crippen molar-refractivity contribution in [2.24, 2.45) is 0 Å². The van der Waals surface area contributed by atoms with Crippen molar-refractivity contribution in [2.75, 3.05) is 19.8 Å². The minimum Gasteiger partial charge on any atom is -0.378 e. The van der Waals surface area contributed by atoms with E-state index in [0.29, 0.717) is 19.6 Å². The molecule has 0 aromatic carbocycles. The maximum Gasteiger partial charge on any atom is 0.248 e. The number of amides is 2. The van der Waals surface area contributed by atoms with Crippen LogP contribution in [0.2, 0.25) is 0 Å². The number of nitrogens with one attached hydrogen (secondary N) is 2. The molecule has 0 unspecified atom stereocenters. The molecular weight excluding hydrogens is 160 g/mol. The van der Waals surface area contributed by atoms with E-state index in [4.69, 9.17) is 4.74 Å². The number of carbonyl (C=O) groups is 2. The number of carbonyl (C=O) groups excluding carboxylic acids is 2. The highest BCUT2D eigenvalue weighted by Crippen LogP contribution is 2.20. The molecule has 0 aliphatic carbocycles. The van der Waals surface area contributed by atoms with Gasteiger partial charge < -0.3 is 15.4 Å². The van der Waals surface area contributed by atoms with Crippen LogP contribution in [0.1, 0.15) is 6.42 Å². The Kier molecular flexibility index (Phi) is 1.54. The molecule has 2 fully saturated rings. The van der Waals surface area contributed by atoms with Gasteiger partial charge in [-0.1, -0.05) is 0 Å². The molecule has 2 aliphatic rings. The highest BCUT2D eigenvalue weighted by atomic mass is 16.5.